The van der Waals surface area contributed by atoms with Crippen LogP contribution in [0.1, 0.15) is 39.0 Å². The van der Waals surface area contributed by atoms with Gasteiger partial charge in [0.05, 0.1) is 31.8 Å². The number of hydrogen-bond acceptors (Lipinski definition) is 4. The van der Waals surface area contributed by atoms with Crippen molar-refractivity contribution in [2.24, 2.45) is 0 Å². The Bertz CT molecular complexity index is 203. The second-order valence-corrected chi connectivity index (χ2v) is 4.18. The maximum absolute atomic E-state index is 11.1. The van der Waals surface area contributed by atoms with Crippen molar-refractivity contribution in [3.8, 4) is 0 Å². The lowest BCUT2D eigenvalue weighted by Crippen LogP contribution is -2.31. The Labute approximate surface area is 90.6 Å². The molecule has 1 fully saturated rings. The second-order valence-electron chi connectivity index (χ2n) is 4.18. The van der Waals surface area contributed by atoms with Gasteiger partial charge in [-0.3, -0.25) is 4.79 Å². The summed E-state index contributed by atoms with van der Waals surface area (Å²) >= 11 is 0. The minimum absolute atomic E-state index is 0.0325. The van der Waals surface area contributed by atoms with E-state index in [1.54, 1.807) is 6.92 Å². The molecule has 1 rings (SSSR count). The summed E-state index contributed by atoms with van der Waals surface area (Å²) in [6.45, 7) is 1.76. The average molecular weight is 216 g/mol. The minimum Gasteiger partial charge on any atom is -0.469 e. The van der Waals surface area contributed by atoms with Crippen LogP contribution < -0.4 is 0 Å². The Balaban J connectivity index is 2.32. The van der Waals surface area contributed by atoms with Gasteiger partial charge in [-0.05, 0) is 32.6 Å². The van der Waals surface area contributed by atoms with Crippen LogP contribution in [0.15, 0.2) is 0 Å². The summed E-state index contributed by atoms with van der Waals surface area (Å²) in [7, 11) is 1.39. The van der Waals surface area contributed by atoms with Gasteiger partial charge in [0.2, 0.25) is 0 Å². The molecule has 1 heterocycles. The third-order valence-electron chi connectivity index (χ3n) is 2.66. The number of aliphatic hydroxyl groups excluding tert-OH is 1. The predicted molar refractivity (Wildman–Crippen MR) is 55.4 cm³/mol. The van der Waals surface area contributed by atoms with Crippen LogP contribution in [-0.4, -0.2) is 36.5 Å². The van der Waals surface area contributed by atoms with Crippen molar-refractivity contribution in [3.63, 3.8) is 0 Å². The fourth-order valence-corrected chi connectivity index (χ4v) is 1.95. The molecule has 4 heteroatoms. The topological polar surface area (TPSA) is 55.8 Å². The van der Waals surface area contributed by atoms with Crippen LogP contribution in [0.2, 0.25) is 0 Å². The van der Waals surface area contributed by atoms with Gasteiger partial charge in [-0.15, -0.1) is 0 Å². The molecule has 15 heavy (non-hydrogen) atoms. The molecular weight excluding hydrogens is 196 g/mol. The van der Waals surface area contributed by atoms with Crippen molar-refractivity contribution in [1.29, 1.82) is 0 Å². The lowest BCUT2D eigenvalue weighted by Gasteiger charge is -2.30. The number of methoxy groups -OCH3 is 1. The molecule has 3 atom stereocenters. The lowest BCUT2D eigenvalue weighted by atomic mass is 9.99. The molecular formula is C11H20O4. The monoisotopic (exact) mass is 216 g/mol. The first-order chi connectivity index (χ1) is 7.11. The molecule has 0 aromatic heterocycles. The fraction of sp³-hybridized carbons (Fsp3) is 0.909. The first-order valence-electron chi connectivity index (χ1n) is 5.52. The molecule has 0 spiro atoms. The molecule has 1 saturated heterocycles. The third-order valence-corrected chi connectivity index (χ3v) is 2.66. The van der Waals surface area contributed by atoms with Crippen molar-refractivity contribution in [2.75, 3.05) is 7.11 Å². The van der Waals surface area contributed by atoms with Gasteiger partial charge in [0.25, 0.3) is 0 Å². The van der Waals surface area contributed by atoms with Crippen molar-refractivity contribution < 1.29 is 19.4 Å². The Morgan fingerprint density at radius 2 is 2.20 bits per heavy atom. The lowest BCUT2D eigenvalue weighted by molar-refractivity contribution is -0.147. The molecule has 0 saturated carbocycles. The van der Waals surface area contributed by atoms with E-state index in [2.05, 4.69) is 4.74 Å². The fourth-order valence-electron chi connectivity index (χ4n) is 1.95. The highest BCUT2D eigenvalue weighted by Gasteiger charge is 2.25. The van der Waals surface area contributed by atoms with E-state index in [0.29, 0.717) is 12.8 Å². The van der Waals surface area contributed by atoms with Crippen LogP contribution in [-0.2, 0) is 14.3 Å². The summed E-state index contributed by atoms with van der Waals surface area (Å²) in [5.41, 5.74) is 0. The van der Waals surface area contributed by atoms with Crippen LogP contribution >= 0.6 is 0 Å². The van der Waals surface area contributed by atoms with E-state index in [0.717, 1.165) is 19.3 Å². The van der Waals surface area contributed by atoms with Crippen LogP contribution in [0.5, 0.6) is 0 Å². The largest absolute Gasteiger partial charge is 0.469 e. The molecule has 1 aliphatic heterocycles. The van der Waals surface area contributed by atoms with Crippen LogP contribution in [0.4, 0.5) is 0 Å². The van der Waals surface area contributed by atoms with E-state index in [1.807, 2.05) is 0 Å². The Kier molecular flexibility index (Phi) is 5.05. The van der Waals surface area contributed by atoms with Gasteiger partial charge in [0.1, 0.15) is 0 Å². The third kappa shape index (κ3) is 4.62. The maximum Gasteiger partial charge on any atom is 0.308 e. The molecule has 0 aliphatic carbocycles. The van der Waals surface area contributed by atoms with E-state index < -0.39 is 0 Å². The van der Waals surface area contributed by atoms with Gasteiger partial charge in [-0.25, -0.2) is 0 Å². The maximum atomic E-state index is 11.1. The normalized spacial score (nSPS) is 28.5. The zero-order chi connectivity index (χ0) is 11.3. The summed E-state index contributed by atoms with van der Waals surface area (Å²) in [6, 6.07) is 0. The standard InChI is InChI=1S/C11H20O4/c1-8(12)6-9-4-3-5-10(15-9)7-11(13)14-2/h8-10,12H,3-7H2,1-2H3. The predicted octanol–water partition coefficient (Wildman–Crippen LogP) is 1.26. The summed E-state index contributed by atoms with van der Waals surface area (Å²) in [6.07, 6.45) is 3.63. The first kappa shape index (κ1) is 12.5. The Morgan fingerprint density at radius 1 is 1.53 bits per heavy atom. The Morgan fingerprint density at radius 3 is 2.80 bits per heavy atom. The minimum atomic E-state index is -0.341. The second kappa shape index (κ2) is 6.08. The smallest absolute Gasteiger partial charge is 0.308 e. The molecule has 3 unspecified atom stereocenters. The van der Waals surface area contributed by atoms with Crippen LogP contribution in [0, 0.1) is 0 Å². The summed E-state index contributed by atoms with van der Waals surface area (Å²) < 4.78 is 10.3. The van der Waals surface area contributed by atoms with Gasteiger partial charge < -0.3 is 14.6 Å². The van der Waals surface area contributed by atoms with E-state index in [1.165, 1.54) is 7.11 Å². The highest BCUT2D eigenvalue weighted by atomic mass is 16.5. The van der Waals surface area contributed by atoms with Gasteiger partial charge in [-0.2, -0.15) is 0 Å². The van der Waals surface area contributed by atoms with E-state index in [-0.39, 0.29) is 24.3 Å². The molecule has 0 radical (unpaired) electrons. The van der Waals surface area contributed by atoms with Crippen molar-refractivity contribution in [3.05, 3.63) is 0 Å². The SMILES string of the molecule is COC(=O)CC1CCCC(CC(C)O)O1. The number of esters is 1. The molecule has 0 bridgehead atoms. The Hall–Kier alpha value is -0.610. The van der Waals surface area contributed by atoms with Crippen molar-refractivity contribution >= 4 is 5.97 Å². The van der Waals surface area contributed by atoms with Crippen molar-refractivity contribution in [1.82, 2.24) is 0 Å². The van der Waals surface area contributed by atoms with Crippen LogP contribution in [0.3, 0.4) is 0 Å². The number of hydrogen-bond donors (Lipinski definition) is 1. The van der Waals surface area contributed by atoms with Gasteiger partial charge in [0.15, 0.2) is 0 Å². The molecule has 4 nitrogen and oxygen atoms in total. The first-order valence-corrected chi connectivity index (χ1v) is 5.52. The van der Waals surface area contributed by atoms with Crippen LogP contribution in [0.25, 0.3) is 0 Å². The number of carbonyl (C=O) groups excluding carboxylic acids is 1. The number of rotatable bonds is 4. The highest BCUT2D eigenvalue weighted by Crippen LogP contribution is 2.24. The zero-order valence-electron chi connectivity index (χ0n) is 9.44. The molecule has 1 N–H and O–H groups in total. The van der Waals surface area contributed by atoms with E-state index in [9.17, 15) is 9.90 Å². The van der Waals surface area contributed by atoms with E-state index >= 15 is 0 Å². The average Bonchev–Trinajstić information content (AvgIpc) is 2.17. The van der Waals surface area contributed by atoms with Crippen molar-refractivity contribution in [2.45, 2.75) is 57.3 Å². The quantitative estimate of drug-likeness (QED) is 0.719. The summed E-state index contributed by atoms with van der Waals surface area (Å²) in [4.78, 5) is 11.1. The molecule has 0 aromatic rings. The van der Waals surface area contributed by atoms with Gasteiger partial charge in [0, 0.05) is 0 Å². The number of carbonyl (C=O) groups is 1. The van der Waals surface area contributed by atoms with E-state index in [4.69, 9.17) is 4.74 Å². The summed E-state index contributed by atoms with van der Waals surface area (Å²) in [5.74, 6) is -0.224. The molecule has 0 aromatic carbocycles. The molecule has 1 aliphatic rings. The van der Waals surface area contributed by atoms with Gasteiger partial charge in [-0.1, -0.05) is 0 Å². The zero-order valence-corrected chi connectivity index (χ0v) is 9.44. The highest BCUT2D eigenvalue weighted by molar-refractivity contribution is 5.69. The van der Waals surface area contributed by atoms with Gasteiger partial charge >= 0.3 is 5.97 Å². The summed E-state index contributed by atoms with van der Waals surface area (Å²) in [5, 5.41) is 9.25. The molecule has 88 valence electrons. The number of ether oxygens (including phenoxy) is 2. The molecule has 0 amide bonds. The number of aliphatic hydroxyl groups is 1.